The quantitative estimate of drug-likeness (QED) is 0.598. The summed E-state index contributed by atoms with van der Waals surface area (Å²) in [7, 11) is 0. The first kappa shape index (κ1) is 14.7. The number of hydrogen-bond acceptors (Lipinski definition) is 5. The molecule has 8 nitrogen and oxygen atoms in total. The number of amides is 1. The van der Waals surface area contributed by atoms with Crippen LogP contribution in [0, 0.1) is 10.1 Å². The fourth-order valence-electron chi connectivity index (χ4n) is 1.78. The summed E-state index contributed by atoms with van der Waals surface area (Å²) in [6, 6.07) is 8.44. The zero-order valence-electron chi connectivity index (χ0n) is 11.1. The van der Waals surface area contributed by atoms with Crippen LogP contribution in [-0.4, -0.2) is 25.7 Å². The summed E-state index contributed by atoms with van der Waals surface area (Å²) < 4.78 is 1.21. The van der Waals surface area contributed by atoms with Crippen molar-refractivity contribution in [3.05, 3.63) is 57.8 Å². The topological polar surface area (TPSA) is 110 Å². The normalized spacial score (nSPS) is 10.3. The molecule has 0 saturated heterocycles. The Morgan fingerprint density at radius 2 is 2.14 bits per heavy atom. The van der Waals surface area contributed by atoms with E-state index in [2.05, 4.69) is 10.4 Å². The summed E-state index contributed by atoms with van der Waals surface area (Å²) in [4.78, 5) is 21.6. The maximum absolute atomic E-state index is 11.7. The molecule has 1 heterocycles. The summed E-state index contributed by atoms with van der Waals surface area (Å²) in [6.07, 6.45) is 1.38. The Kier molecular flexibility index (Phi) is 4.62. The van der Waals surface area contributed by atoms with Crippen LogP contribution in [-0.2, 0) is 24.5 Å². The number of aliphatic hydroxyl groups excluding tert-OH is 1. The van der Waals surface area contributed by atoms with Crippen molar-refractivity contribution in [2.45, 2.75) is 19.7 Å². The minimum Gasteiger partial charge on any atom is -0.392 e. The first-order valence-electron chi connectivity index (χ1n) is 6.21. The summed E-state index contributed by atoms with van der Waals surface area (Å²) in [5.74, 6) is -0.596. The molecule has 1 aromatic carbocycles. The van der Waals surface area contributed by atoms with E-state index in [9.17, 15) is 14.9 Å². The van der Waals surface area contributed by atoms with Gasteiger partial charge in [0.1, 0.15) is 6.54 Å². The molecule has 0 bridgehead atoms. The molecule has 0 fully saturated rings. The van der Waals surface area contributed by atoms with Crippen LogP contribution >= 0.6 is 0 Å². The van der Waals surface area contributed by atoms with Crippen LogP contribution in [0.2, 0.25) is 0 Å². The van der Waals surface area contributed by atoms with E-state index < -0.39 is 4.92 Å². The molecule has 2 N–H and O–H groups in total. The first-order valence-corrected chi connectivity index (χ1v) is 6.21. The van der Waals surface area contributed by atoms with E-state index in [1.54, 1.807) is 18.2 Å². The predicted octanol–water partition coefficient (Wildman–Crippen LogP) is 0.600. The van der Waals surface area contributed by atoms with Crippen molar-refractivity contribution in [3.8, 4) is 0 Å². The number of nitrogens with zero attached hydrogens (tertiary/aromatic N) is 3. The first-order chi connectivity index (χ1) is 10.1. The van der Waals surface area contributed by atoms with Crippen molar-refractivity contribution in [2.75, 3.05) is 0 Å². The van der Waals surface area contributed by atoms with Gasteiger partial charge in [0.15, 0.2) is 0 Å². The molecule has 0 saturated carbocycles. The van der Waals surface area contributed by atoms with E-state index in [1.165, 1.54) is 16.9 Å². The predicted molar refractivity (Wildman–Crippen MR) is 73.1 cm³/mol. The Morgan fingerprint density at radius 3 is 2.81 bits per heavy atom. The zero-order chi connectivity index (χ0) is 15.2. The van der Waals surface area contributed by atoms with Crippen molar-refractivity contribution in [2.24, 2.45) is 0 Å². The molecule has 0 unspecified atom stereocenters. The van der Waals surface area contributed by atoms with E-state index in [0.29, 0.717) is 6.54 Å². The van der Waals surface area contributed by atoms with E-state index in [1.807, 2.05) is 6.07 Å². The molecule has 1 amide bonds. The Hall–Kier alpha value is -2.74. The van der Waals surface area contributed by atoms with E-state index in [0.717, 1.165) is 11.1 Å². The van der Waals surface area contributed by atoms with Crippen LogP contribution in [0.3, 0.4) is 0 Å². The molecule has 0 radical (unpaired) electrons. The third-order valence-corrected chi connectivity index (χ3v) is 2.78. The molecule has 0 aliphatic heterocycles. The van der Waals surface area contributed by atoms with Crippen molar-refractivity contribution >= 4 is 11.7 Å². The number of rotatable bonds is 6. The second kappa shape index (κ2) is 6.62. The third-order valence-electron chi connectivity index (χ3n) is 2.78. The molecule has 2 rings (SSSR count). The summed E-state index contributed by atoms with van der Waals surface area (Å²) >= 11 is 0. The number of hydrogen-bond donors (Lipinski definition) is 2. The fraction of sp³-hybridized carbons (Fsp3) is 0.231. The summed E-state index contributed by atoms with van der Waals surface area (Å²) in [5, 5.41) is 25.8. The molecular formula is C13H14N4O4. The van der Waals surface area contributed by atoms with Gasteiger partial charge in [-0.25, -0.2) is 0 Å². The van der Waals surface area contributed by atoms with Gasteiger partial charge in [-0.2, -0.15) is 4.68 Å². The van der Waals surface area contributed by atoms with Crippen LogP contribution in [0.1, 0.15) is 11.1 Å². The molecule has 0 aliphatic rings. The Labute approximate surface area is 120 Å². The lowest BCUT2D eigenvalue weighted by molar-refractivity contribution is -0.389. The second-order valence-corrected chi connectivity index (χ2v) is 4.38. The smallest absolute Gasteiger partial charge is 0.389 e. The zero-order valence-corrected chi connectivity index (χ0v) is 11.1. The van der Waals surface area contributed by atoms with Crippen molar-refractivity contribution in [1.82, 2.24) is 15.1 Å². The van der Waals surface area contributed by atoms with Gasteiger partial charge in [0, 0.05) is 6.54 Å². The lowest BCUT2D eigenvalue weighted by atomic mass is 10.1. The molecule has 21 heavy (non-hydrogen) atoms. The maximum Gasteiger partial charge on any atom is 0.389 e. The standard InChI is InChI=1S/C13H14N4O4/c18-9-11-3-1-2-10(6-11)7-14-13(19)8-16-5-4-12(15-16)17(20)21/h1-6,18H,7-9H2,(H,14,19). The third kappa shape index (κ3) is 4.11. The molecular weight excluding hydrogens is 276 g/mol. The number of aromatic nitrogens is 2. The van der Waals surface area contributed by atoms with E-state index in [4.69, 9.17) is 5.11 Å². The highest BCUT2D eigenvalue weighted by molar-refractivity contribution is 5.75. The van der Waals surface area contributed by atoms with Gasteiger partial charge in [-0.15, -0.1) is 0 Å². The second-order valence-electron chi connectivity index (χ2n) is 4.38. The van der Waals surface area contributed by atoms with Gasteiger partial charge in [0.05, 0.1) is 24.0 Å². The SMILES string of the molecule is O=C(Cn1ccc([N+](=O)[O-])n1)NCc1cccc(CO)c1. The molecule has 8 heteroatoms. The van der Waals surface area contributed by atoms with E-state index in [-0.39, 0.29) is 24.9 Å². The van der Waals surface area contributed by atoms with Crippen molar-refractivity contribution in [1.29, 1.82) is 0 Å². The monoisotopic (exact) mass is 290 g/mol. The van der Waals surface area contributed by atoms with Gasteiger partial charge in [0.2, 0.25) is 5.91 Å². The molecule has 0 aliphatic carbocycles. The van der Waals surface area contributed by atoms with Gasteiger partial charge in [-0.3, -0.25) is 4.79 Å². The lowest BCUT2D eigenvalue weighted by Crippen LogP contribution is -2.27. The minimum absolute atomic E-state index is 0.0568. The molecule has 0 atom stereocenters. The minimum atomic E-state index is -0.616. The van der Waals surface area contributed by atoms with Gasteiger partial charge < -0.3 is 20.5 Å². The van der Waals surface area contributed by atoms with Crippen LogP contribution in [0.25, 0.3) is 0 Å². The highest BCUT2D eigenvalue weighted by Gasteiger charge is 2.13. The molecule has 1 aromatic heterocycles. The van der Waals surface area contributed by atoms with Crippen LogP contribution in [0.4, 0.5) is 5.82 Å². The molecule has 0 spiro atoms. The van der Waals surface area contributed by atoms with Gasteiger partial charge >= 0.3 is 5.82 Å². The average Bonchev–Trinajstić information content (AvgIpc) is 2.94. The number of carbonyl (C=O) groups is 1. The highest BCUT2D eigenvalue weighted by Crippen LogP contribution is 2.06. The number of nitro groups is 1. The highest BCUT2D eigenvalue weighted by atomic mass is 16.6. The van der Waals surface area contributed by atoms with Crippen LogP contribution in [0.15, 0.2) is 36.5 Å². The summed E-state index contributed by atoms with van der Waals surface area (Å²) in [6.45, 7) is 0.169. The largest absolute Gasteiger partial charge is 0.392 e. The Bertz CT molecular complexity index is 653. The number of benzene rings is 1. The molecule has 2 aromatic rings. The van der Waals surface area contributed by atoms with Crippen molar-refractivity contribution in [3.63, 3.8) is 0 Å². The molecule has 110 valence electrons. The number of aliphatic hydroxyl groups is 1. The van der Waals surface area contributed by atoms with Gasteiger partial charge in [-0.05, 0) is 16.1 Å². The number of nitrogens with one attached hydrogen (secondary N) is 1. The summed E-state index contributed by atoms with van der Waals surface area (Å²) in [5.41, 5.74) is 1.63. The van der Waals surface area contributed by atoms with Gasteiger partial charge in [-0.1, -0.05) is 24.3 Å². The lowest BCUT2D eigenvalue weighted by Gasteiger charge is -2.05. The fourth-order valence-corrected chi connectivity index (χ4v) is 1.78. The van der Waals surface area contributed by atoms with Crippen LogP contribution in [0.5, 0.6) is 0 Å². The Morgan fingerprint density at radius 1 is 1.38 bits per heavy atom. The van der Waals surface area contributed by atoms with Gasteiger partial charge in [0.25, 0.3) is 0 Å². The maximum atomic E-state index is 11.7. The average molecular weight is 290 g/mol. The Balaban J connectivity index is 1.87. The van der Waals surface area contributed by atoms with Crippen molar-refractivity contribution < 1.29 is 14.8 Å². The number of carbonyl (C=O) groups excluding carboxylic acids is 1. The van der Waals surface area contributed by atoms with Crippen LogP contribution < -0.4 is 5.32 Å². The van der Waals surface area contributed by atoms with E-state index >= 15 is 0 Å².